The average Bonchev–Trinajstić information content (AvgIpc) is 2.92. The van der Waals surface area contributed by atoms with Gasteiger partial charge in [0.1, 0.15) is 17.3 Å². The fourth-order valence-electron chi connectivity index (χ4n) is 3.07. The first-order valence-electron chi connectivity index (χ1n) is 9.66. The molecule has 0 saturated carbocycles. The highest BCUT2D eigenvalue weighted by Gasteiger charge is 2.39. The second-order valence-corrected chi connectivity index (χ2v) is 7.14. The van der Waals surface area contributed by atoms with Gasteiger partial charge in [0, 0.05) is 11.8 Å². The third kappa shape index (κ3) is 5.64. The summed E-state index contributed by atoms with van der Waals surface area (Å²) in [6.45, 7) is 3.69. The summed E-state index contributed by atoms with van der Waals surface area (Å²) < 4.78 is 60.3. The van der Waals surface area contributed by atoms with Gasteiger partial charge in [-0.2, -0.15) is 0 Å². The van der Waals surface area contributed by atoms with E-state index in [1.54, 1.807) is 13.8 Å². The number of carbonyl (C=O) groups is 2. The number of hydrogen-bond donors (Lipinski definition) is 1. The Hall–Kier alpha value is -3.40. The molecule has 170 valence electrons. The molecule has 2 aromatic rings. The summed E-state index contributed by atoms with van der Waals surface area (Å²) in [5, 5.41) is 2.73. The fraction of sp³-hybridized carbons (Fsp3) is 0.273. The highest BCUT2D eigenvalue weighted by Crippen LogP contribution is 2.32. The van der Waals surface area contributed by atoms with Crippen molar-refractivity contribution in [3.63, 3.8) is 0 Å². The van der Waals surface area contributed by atoms with E-state index in [2.05, 4.69) is 10.1 Å². The van der Waals surface area contributed by atoms with Gasteiger partial charge < -0.3 is 14.8 Å². The van der Waals surface area contributed by atoms with Crippen molar-refractivity contribution in [3.8, 4) is 5.75 Å². The van der Waals surface area contributed by atoms with Gasteiger partial charge in [-0.3, -0.25) is 14.5 Å². The van der Waals surface area contributed by atoms with Crippen LogP contribution in [0.25, 0.3) is 5.57 Å². The van der Waals surface area contributed by atoms with Crippen molar-refractivity contribution in [2.75, 3.05) is 18.5 Å². The second-order valence-electron chi connectivity index (χ2n) is 7.14. The first kappa shape index (κ1) is 23.3. The van der Waals surface area contributed by atoms with Crippen LogP contribution in [-0.2, 0) is 14.3 Å². The molecule has 2 aromatic carbocycles. The Morgan fingerprint density at radius 1 is 1.03 bits per heavy atom. The van der Waals surface area contributed by atoms with Gasteiger partial charge in [-0.05, 0) is 43.7 Å². The lowest BCUT2D eigenvalue weighted by atomic mass is 10.0. The number of alkyl halides is 3. The van der Waals surface area contributed by atoms with Crippen molar-refractivity contribution in [2.45, 2.75) is 26.3 Å². The van der Waals surface area contributed by atoms with Gasteiger partial charge in [0.2, 0.25) is 0 Å². The number of benzene rings is 2. The minimum Gasteiger partial charge on any atom is -0.406 e. The van der Waals surface area contributed by atoms with Crippen molar-refractivity contribution in [1.29, 1.82) is 0 Å². The number of amides is 2. The van der Waals surface area contributed by atoms with Crippen molar-refractivity contribution in [3.05, 3.63) is 65.6 Å². The Labute approximate surface area is 181 Å². The molecule has 2 amide bonds. The molecule has 10 heteroatoms. The van der Waals surface area contributed by atoms with Crippen LogP contribution in [-0.4, -0.2) is 42.3 Å². The van der Waals surface area contributed by atoms with E-state index in [1.807, 2.05) is 0 Å². The van der Waals surface area contributed by atoms with E-state index in [4.69, 9.17) is 4.74 Å². The maximum absolute atomic E-state index is 13.4. The summed E-state index contributed by atoms with van der Waals surface area (Å²) in [7, 11) is 0. The molecule has 0 radical (unpaired) electrons. The predicted octanol–water partition coefficient (Wildman–Crippen LogP) is 4.34. The largest absolute Gasteiger partial charge is 0.573 e. The van der Waals surface area contributed by atoms with Crippen molar-refractivity contribution >= 4 is 23.1 Å². The molecule has 1 N–H and O–H groups in total. The summed E-state index contributed by atoms with van der Waals surface area (Å²) in [6, 6.07) is 9.83. The first-order chi connectivity index (χ1) is 15.0. The molecule has 0 aliphatic carbocycles. The lowest BCUT2D eigenvalue weighted by Gasteiger charge is -2.16. The maximum atomic E-state index is 13.4. The Morgan fingerprint density at radius 3 is 2.34 bits per heavy atom. The van der Waals surface area contributed by atoms with Crippen LogP contribution < -0.4 is 10.1 Å². The monoisotopic (exact) mass is 452 g/mol. The standard InChI is InChI=1S/C22H20F4N2O4/c1-13(2)31-11-10-28-20(29)18(14-6-8-15(23)9-7-14)19(21(28)30)27-16-4-3-5-17(12-16)32-22(24,25)26/h3-9,12-13,27H,10-11H2,1-2H3. The molecule has 0 spiro atoms. The van der Waals surface area contributed by atoms with Gasteiger partial charge in [0.05, 0.1) is 24.8 Å². The number of nitrogens with one attached hydrogen (secondary N) is 1. The number of anilines is 1. The number of imide groups is 1. The van der Waals surface area contributed by atoms with Crippen LogP contribution in [0.4, 0.5) is 23.2 Å². The Morgan fingerprint density at radius 2 is 1.72 bits per heavy atom. The minimum absolute atomic E-state index is 0.0249. The number of ether oxygens (including phenoxy) is 2. The number of hydrogen-bond acceptors (Lipinski definition) is 5. The number of rotatable bonds is 8. The number of carbonyl (C=O) groups excluding carboxylic acids is 2. The quantitative estimate of drug-likeness (QED) is 0.477. The summed E-state index contributed by atoms with van der Waals surface area (Å²) in [4.78, 5) is 27.0. The molecule has 1 aliphatic heterocycles. The van der Waals surface area contributed by atoms with Gasteiger partial charge in [-0.15, -0.1) is 13.2 Å². The number of nitrogens with zero attached hydrogens (tertiary/aromatic N) is 1. The predicted molar refractivity (Wildman–Crippen MR) is 108 cm³/mol. The maximum Gasteiger partial charge on any atom is 0.573 e. The van der Waals surface area contributed by atoms with Crippen molar-refractivity contribution in [2.24, 2.45) is 0 Å². The molecule has 0 fully saturated rings. The SMILES string of the molecule is CC(C)OCCN1C(=O)C(Nc2cccc(OC(F)(F)F)c2)=C(c2ccc(F)cc2)C1=O. The Kier molecular flexibility index (Phi) is 6.83. The Balaban J connectivity index is 1.94. The van der Waals surface area contributed by atoms with E-state index in [0.29, 0.717) is 0 Å². The van der Waals surface area contributed by atoms with Crippen LogP contribution in [0.5, 0.6) is 5.75 Å². The van der Waals surface area contributed by atoms with Gasteiger partial charge in [0.15, 0.2) is 0 Å². The fourth-order valence-corrected chi connectivity index (χ4v) is 3.07. The summed E-state index contributed by atoms with van der Waals surface area (Å²) in [5.74, 6) is -2.33. The van der Waals surface area contributed by atoms with Crippen LogP contribution in [0.2, 0.25) is 0 Å². The second kappa shape index (κ2) is 9.39. The first-order valence-corrected chi connectivity index (χ1v) is 9.66. The molecule has 0 aromatic heterocycles. The molecule has 32 heavy (non-hydrogen) atoms. The minimum atomic E-state index is -4.89. The summed E-state index contributed by atoms with van der Waals surface area (Å²) in [6.07, 6.45) is -5.00. The highest BCUT2D eigenvalue weighted by atomic mass is 19.4. The van der Waals surface area contributed by atoms with Crippen molar-refractivity contribution < 1.29 is 36.6 Å². The molecular formula is C22H20F4N2O4. The summed E-state index contributed by atoms with van der Waals surface area (Å²) in [5.41, 5.74) is 0.210. The molecule has 1 aliphatic rings. The molecule has 0 unspecified atom stereocenters. The van der Waals surface area contributed by atoms with Gasteiger partial charge >= 0.3 is 6.36 Å². The zero-order chi connectivity index (χ0) is 23.5. The van der Waals surface area contributed by atoms with Crippen LogP contribution in [0.1, 0.15) is 19.4 Å². The zero-order valence-electron chi connectivity index (χ0n) is 17.2. The van der Waals surface area contributed by atoms with Crippen LogP contribution in [0.3, 0.4) is 0 Å². The molecule has 1 heterocycles. The third-order valence-electron chi connectivity index (χ3n) is 4.40. The normalized spacial score (nSPS) is 14.5. The van der Waals surface area contributed by atoms with E-state index in [1.165, 1.54) is 24.3 Å². The van der Waals surface area contributed by atoms with Gasteiger partial charge in [-0.1, -0.05) is 18.2 Å². The van der Waals surface area contributed by atoms with Crippen LogP contribution >= 0.6 is 0 Å². The molecular weight excluding hydrogens is 432 g/mol. The van der Waals surface area contributed by atoms with E-state index < -0.39 is 29.7 Å². The lowest BCUT2D eigenvalue weighted by Crippen LogP contribution is -2.35. The van der Waals surface area contributed by atoms with Crippen molar-refractivity contribution in [1.82, 2.24) is 4.90 Å². The van der Waals surface area contributed by atoms with Crippen LogP contribution in [0.15, 0.2) is 54.2 Å². The lowest BCUT2D eigenvalue weighted by molar-refractivity contribution is -0.274. The topological polar surface area (TPSA) is 67.9 Å². The van der Waals surface area contributed by atoms with Gasteiger partial charge in [0.25, 0.3) is 11.8 Å². The van der Waals surface area contributed by atoms with Gasteiger partial charge in [-0.25, -0.2) is 4.39 Å². The van der Waals surface area contributed by atoms with Crippen LogP contribution in [0, 0.1) is 5.82 Å². The average molecular weight is 452 g/mol. The van der Waals surface area contributed by atoms with E-state index in [-0.39, 0.29) is 41.8 Å². The van der Waals surface area contributed by atoms with E-state index in [9.17, 15) is 27.2 Å². The molecule has 0 saturated heterocycles. The van der Waals surface area contributed by atoms with E-state index in [0.717, 1.165) is 29.2 Å². The molecule has 6 nitrogen and oxygen atoms in total. The number of halogens is 4. The Bertz CT molecular complexity index is 1030. The third-order valence-corrected chi connectivity index (χ3v) is 4.40. The molecule has 0 atom stereocenters. The molecule has 0 bridgehead atoms. The highest BCUT2D eigenvalue weighted by molar-refractivity contribution is 6.36. The summed E-state index contributed by atoms with van der Waals surface area (Å²) >= 11 is 0. The smallest absolute Gasteiger partial charge is 0.406 e. The molecule has 3 rings (SSSR count). The van der Waals surface area contributed by atoms with E-state index >= 15 is 0 Å². The zero-order valence-corrected chi connectivity index (χ0v) is 17.2.